The molecule has 0 radical (unpaired) electrons. The van der Waals surface area contributed by atoms with Gasteiger partial charge in [0, 0.05) is 45.3 Å². The Morgan fingerprint density at radius 2 is 2.12 bits per heavy atom. The molecular weight excluding hydrogens is 458 g/mol. The van der Waals surface area contributed by atoms with Crippen LogP contribution < -0.4 is 15.0 Å². The molecule has 10 heteroatoms. The fourth-order valence-corrected chi connectivity index (χ4v) is 4.61. The first-order chi connectivity index (χ1) is 16.4. The Kier molecular flexibility index (Phi) is 7.88. The van der Waals surface area contributed by atoms with Gasteiger partial charge in [0.2, 0.25) is 5.95 Å². The van der Waals surface area contributed by atoms with Crippen molar-refractivity contribution in [3.8, 4) is 5.75 Å². The van der Waals surface area contributed by atoms with Gasteiger partial charge in [0.15, 0.2) is 5.78 Å². The molecule has 34 heavy (non-hydrogen) atoms. The molecule has 2 aliphatic heterocycles. The maximum Gasteiger partial charge on any atom is 0.229 e. The zero-order valence-corrected chi connectivity index (χ0v) is 20.5. The van der Waals surface area contributed by atoms with Crippen molar-refractivity contribution in [2.24, 2.45) is 0 Å². The lowest BCUT2D eigenvalue weighted by Crippen LogP contribution is -2.42. The summed E-state index contributed by atoms with van der Waals surface area (Å²) in [6, 6.07) is 5.53. The summed E-state index contributed by atoms with van der Waals surface area (Å²) in [5.41, 5.74) is 0.351. The lowest BCUT2D eigenvalue weighted by molar-refractivity contribution is 0.0370. The number of methoxy groups -OCH3 is 1. The average molecular weight is 490 g/mol. The minimum absolute atomic E-state index is 0.0264. The summed E-state index contributed by atoms with van der Waals surface area (Å²) in [5, 5.41) is 14.5. The first kappa shape index (κ1) is 24.7. The molecule has 184 valence electrons. The van der Waals surface area contributed by atoms with Crippen LogP contribution in [0.3, 0.4) is 0 Å². The van der Waals surface area contributed by atoms with E-state index in [1.807, 2.05) is 12.1 Å². The number of hydrogen-bond acceptors (Lipinski definition) is 9. The minimum atomic E-state index is -1.01. The predicted octanol–water partition coefficient (Wildman–Crippen LogP) is 2.96. The smallest absolute Gasteiger partial charge is 0.229 e. The molecule has 2 fully saturated rings. The van der Waals surface area contributed by atoms with Gasteiger partial charge in [0.05, 0.1) is 30.9 Å². The molecule has 0 unspecified atom stereocenters. The maximum atomic E-state index is 13.1. The topological polar surface area (TPSA) is 100 Å². The second-order valence-electron chi connectivity index (χ2n) is 8.85. The normalized spacial score (nSPS) is 21.0. The van der Waals surface area contributed by atoms with Crippen LogP contribution in [0.5, 0.6) is 5.75 Å². The Bertz CT molecular complexity index is 1010. The molecule has 1 aromatic heterocycles. The monoisotopic (exact) mass is 489 g/mol. The number of ketones is 1. The van der Waals surface area contributed by atoms with E-state index in [9.17, 15) is 9.90 Å². The van der Waals surface area contributed by atoms with Crippen LogP contribution in [-0.2, 0) is 11.3 Å². The van der Waals surface area contributed by atoms with Crippen molar-refractivity contribution in [3.05, 3.63) is 40.5 Å². The summed E-state index contributed by atoms with van der Waals surface area (Å²) >= 11 is 6.27. The molecule has 2 aromatic rings. The number of aromatic nitrogens is 2. The Labute approximate surface area is 205 Å². The van der Waals surface area contributed by atoms with Crippen LogP contribution in [0.4, 0.5) is 11.8 Å². The fraction of sp³-hybridized carbons (Fsp3) is 0.542. The number of Topliss-reactive ketones (excluding diaryl/α,β-unsaturated/α-hetero) is 1. The number of carbonyl (C=O) groups excluding carboxylic acids is 1. The average Bonchev–Trinajstić information content (AvgIpc) is 3.20. The van der Waals surface area contributed by atoms with E-state index in [0.29, 0.717) is 73.8 Å². The van der Waals surface area contributed by atoms with E-state index in [2.05, 4.69) is 20.2 Å². The van der Waals surface area contributed by atoms with Crippen LogP contribution in [0, 0.1) is 0 Å². The third-order valence-electron chi connectivity index (χ3n) is 6.37. The summed E-state index contributed by atoms with van der Waals surface area (Å²) in [7, 11) is 1.57. The van der Waals surface area contributed by atoms with E-state index >= 15 is 0 Å². The molecule has 2 aliphatic rings. The van der Waals surface area contributed by atoms with Gasteiger partial charge in [0.1, 0.15) is 17.3 Å². The largest absolute Gasteiger partial charge is 0.495 e. The van der Waals surface area contributed by atoms with Crippen molar-refractivity contribution >= 4 is 29.2 Å². The highest BCUT2D eigenvalue weighted by Crippen LogP contribution is 2.31. The minimum Gasteiger partial charge on any atom is -0.495 e. The summed E-state index contributed by atoms with van der Waals surface area (Å²) in [5.74, 6) is 1.43. The van der Waals surface area contributed by atoms with E-state index in [4.69, 9.17) is 21.1 Å². The molecule has 3 heterocycles. The summed E-state index contributed by atoms with van der Waals surface area (Å²) in [6.07, 6.45) is 3.43. The highest BCUT2D eigenvalue weighted by atomic mass is 35.5. The van der Waals surface area contributed by atoms with Crippen LogP contribution in [0.25, 0.3) is 0 Å². The zero-order valence-electron chi connectivity index (χ0n) is 19.7. The van der Waals surface area contributed by atoms with Gasteiger partial charge in [-0.3, -0.25) is 9.69 Å². The van der Waals surface area contributed by atoms with Crippen molar-refractivity contribution in [1.29, 1.82) is 0 Å². The predicted molar refractivity (Wildman–Crippen MR) is 131 cm³/mol. The lowest BCUT2D eigenvalue weighted by Gasteiger charge is -2.30. The number of carbonyl (C=O) groups is 1. The van der Waals surface area contributed by atoms with Crippen molar-refractivity contribution in [2.45, 2.75) is 38.5 Å². The molecule has 1 atom stereocenters. The molecule has 9 nitrogen and oxygen atoms in total. The van der Waals surface area contributed by atoms with Crippen LogP contribution in [0.15, 0.2) is 24.4 Å². The number of morpholine rings is 1. The Hall–Kier alpha value is -2.46. The third-order valence-corrected chi connectivity index (χ3v) is 6.66. The number of nitrogens with one attached hydrogen (secondary N) is 1. The Balaban J connectivity index is 1.54. The third kappa shape index (κ3) is 5.78. The van der Waals surface area contributed by atoms with Crippen LogP contribution >= 0.6 is 11.6 Å². The highest BCUT2D eigenvalue weighted by Gasteiger charge is 2.36. The molecule has 0 aliphatic carbocycles. The van der Waals surface area contributed by atoms with E-state index in [1.165, 1.54) is 0 Å². The fourth-order valence-electron chi connectivity index (χ4n) is 4.33. The summed E-state index contributed by atoms with van der Waals surface area (Å²) < 4.78 is 10.6. The number of anilines is 2. The number of halogens is 1. The first-order valence-electron chi connectivity index (χ1n) is 11.6. The number of benzene rings is 1. The molecule has 2 saturated heterocycles. The van der Waals surface area contributed by atoms with E-state index in [-0.39, 0.29) is 5.78 Å². The molecule has 0 spiro atoms. The maximum absolute atomic E-state index is 13.1. The summed E-state index contributed by atoms with van der Waals surface area (Å²) in [6.45, 7) is 6.55. The zero-order chi connectivity index (χ0) is 24.1. The van der Waals surface area contributed by atoms with Gasteiger partial charge in [-0.15, -0.1) is 0 Å². The Morgan fingerprint density at radius 3 is 2.79 bits per heavy atom. The standard InChI is InChI=1S/C24H32ClN5O4/c1-24(32)7-3-8-30(24)23-27-16-18(20(31)6-9-29-10-12-34-13-11-29)22(28-23)26-15-17-4-5-21(33-2)19(25)14-17/h4-5,14,16,32H,3,6-13,15H2,1-2H3,(H,26,27,28)/t24-/m0/s1. The number of aliphatic hydroxyl groups is 1. The van der Waals surface area contributed by atoms with Crippen LogP contribution in [-0.4, -0.2) is 78.0 Å². The van der Waals surface area contributed by atoms with Crippen molar-refractivity contribution < 1.29 is 19.4 Å². The lowest BCUT2D eigenvalue weighted by atomic mass is 10.1. The van der Waals surface area contributed by atoms with Gasteiger partial charge in [-0.2, -0.15) is 4.98 Å². The van der Waals surface area contributed by atoms with Crippen LogP contribution in [0.1, 0.15) is 42.1 Å². The van der Waals surface area contributed by atoms with Gasteiger partial charge >= 0.3 is 0 Å². The quantitative estimate of drug-likeness (QED) is 0.515. The highest BCUT2D eigenvalue weighted by molar-refractivity contribution is 6.32. The Morgan fingerprint density at radius 1 is 1.32 bits per heavy atom. The van der Waals surface area contributed by atoms with E-state index in [0.717, 1.165) is 25.1 Å². The molecule has 0 amide bonds. The number of hydrogen-bond donors (Lipinski definition) is 2. The number of nitrogens with zero attached hydrogens (tertiary/aromatic N) is 4. The molecule has 4 rings (SSSR count). The van der Waals surface area contributed by atoms with Gasteiger partial charge in [-0.25, -0.2) is 4.98 Å². The number of rotatable bonds is 9. The second kappa shape index (κ2) is 10.9. The van der Waals surface area contributed by atoms with Gasteiger partial charge in [-0.05, 0) is 37.5 Å². The first-order valence-corrected chi connectivity index (χ1v) is 12.0. The van der Waals surface area contributed by atoms with Gasteiger partial charge < -0.3 is 24.8 Å². The van der Waals surface area contributed by atoms with Gasteiger partial charge in [-0.1, -0.05) is 17.7 Å². The second-order valence-corrected chi connectivity index (χ2v) is 9.26. The molecular formula is C24H32ClN5O4. The molecule has 0 saturated carbocycles. The molecule has 0 bridgehead atoms. The van der Waals surface area contributed by atoms with Crippen molar-refractivity contribution in [1.82, 2.24) is 14.9 Å². The molecule has 2 N–H and O–H groups in total. The SMILES string of the molecule is COc1ccc(CNc2nc(N3CCC[C@]3(C)O)ncc2C(=O)CCN2CCOCC2)cc1Cl. The van der Waals surface area contributed by atoms with Crippen LogP contribution in [0.2, 0.25) is 5.02 Å². The summed E-state index contributed by atoms with van der Waals surface area (Å²) in [4.78, 5) is 26.3. The molecule has 1 aromatic carbocycles. The van der Waals surface area contributed by atoms with E-state index in [1.54, 1.807) is 31.2 Å². The number of ether oxygens (including phenoxy) is 2. The van der Waals surface area contributed by atoms with Crippen molar-refractivity contribution in [3.63, 3.8) is 0 Å². The van der Waals surface area contributed by atoms with Crippen molar-refractivity contribution in [2.75, 3.05) is 56.7 Å². The van der Waals surface area contributed by atoms with E-state index < -0.39 is 5.72 Å². The van der Waals surface area contributed by atoms with Gasteiger partial charge in [0.25, 0.3) is 0 Å².